The van der Waals surface area contributed by atoms with Crippen molar-refractivity contribution in [3.8, 4) is 17.1 Å². The summed E-state index contributed by atoms with van der Waals surface area (Å²) >= 11 is 0. The second-order valence-electron chi connectivity index (χ2n) is 7.31. The smallest absolute Gasteiger partial charge is 0.337 e. The number of hydrogen-bond donors (Lipinski definition) is 1. The lowest BCUT2D eigenvalue weighted by Gasteiger charge is -2.28. The molecule has 0 saturated carbocycles. The van der Waals surface area contributed by atoms with E-state index in [0.29, 0.717) is 66.0 Å². The van der Waals surface area contributed by atoms with Gasteiger partial charge in [-0.25, -0.2) is 14.8 Å². The van der Waals surface area contributed by atoms with Crippen LogP contribution in [0.25, 0.3) is 28.2 Å². The van der Waals surface area contributed by atoms with Crippen LogP contribution in [0.1, 0.15) is 10.4 Å². The van der Waals surface area contributed by atoms with Gasteiger partial charge >= 0.3 is 5.97 Å². The van der Waals surface area contributed by atoms with Gasteiger partial charge in [-0.1, -0.05) is 11.3 Å². The highest BCUT2D eigenvalue weighted by molar-refractivity contribution is 5.90. The zero-order chi connectivity index (χ0) is 22.1. The molecule has 5 rings (SSSR count). The molecular formula is C22H21N7O3. The SMILES string of the molecule is COC(=O)c1cccc(-n2nnc3c(N4CCOCC4)nc(-c4ccc(N)cc4)nc32)c1. The molecule has 0 aliphatic carbocycles. The molecule has 0 radical (unpaired) electrons. The summed E-state index contributed by atoms with van der Waals surface area (Å²) in [7, 11) is 1.35. The molecule has 2 aromatic heterocycles. The quantitative estimate of drug-likeness (QED) is 0.382. The number of methoxy groups -OCH3 is 1. The number of esters is 1. The Balaban J connectivity index is 1.69. The van der Waals surface area contributed by atoms with E-state index in [-0.39, 0.29) is 0 Å². The Morgan fingerprint density at radius 2 is 1.88 bits per heavy atom. The number of anilines is 2. The summed E-state index contributed by atoms with van der Waals surface area (Å²) in [6.45, 7) is 2.60. The molecule has 0 unspecified atom stereocenters. The van der Waals surface area contributed by atoms with Crippen molar-refractivity contribution in [2.75, 3.05) is 44.0 Å². The van der Waals surface area contributed by atoms with Gasteiger partial charge in [0.15, 0.2) is 22.8 Å². The average molecular weight is 431 g/mol. The largest absolute Gasteiger partial charge is 0.465 e. The molecule has 32 heavy (non-hydrogen) atoms. The first kappa shape index (κ1) is 19.9. The lowest BCUT2D eigenvalue weighted by molar-refractivity contribution is 0.0600. The Kier molecular flexibility index (Phi) is 5.12. The maximum absolute atomic E-state index is 12.0. The van der Waals surface area contributed by atoms with Crippen molar-refractivity contribution in [3.63, 3.8) is 0 Å². The predicted molar refractivity (Wildman–Crippen MR) is 119 cm³/mol. The topological polar surface area (TPSA) is 121 Å². The molecule has 0 atom stereocenters. The van der Waals surface area contributed by atoms with Crippen LogP contribution in [0.3, 0.4) is 0 Å². The Hall–Kier alpha value is -4.05. The first-order valence-electron chi connectivity index (χ1n) is 10.1. The molecule has 1 aliphatic heterocycles. The van der Waals surface area contributed by atoms with Crippen LogP contribution in [-0.2, 0) is 9.47 Å². The van der Waals surface area contributed by atoms with Gasteiger partial charge in [0.2, 0.25) is 0 Å². The lowest BCUT2D eigenvalue weighted by Crippen LogP contribution is -2.37. The van der Waals surface area contributed by atoms with E-state index in [1.807, 2.05) is 30.3 Å². The van der Waals surface area contributed by atoms with Crippen molar-refractivity contribution >= 4 is 28.6 Å². The fraction of sp³-hybridized carbons (Fsp3) is 0.227. The van der Waals surface area contributed by atoms with Gasteiger partial charge in [-0.2, -0.15) is 4.68 Å². The minimum Gasteiger partial charge on any atom is -0.465 e. The summed E-state index contributed by atoms with van der Waals surface area (Å²) in [6, 6.07) is 14.4. The van der Waals surface area contributed by atoms with Crippen molar-refractivity contribution in [1.82, 2.24) is 25.0 Å². The summed E-state index contributed by atoms with van der Waals surface area (Å²) in [5.74, 6) is 0.801. The second-order valence-corrected chi connectivity index (χ2v) is 7.31. The number of nitrogen functional groups attached to an aromatic ring is 1. The fourth-order valence-corrected chi connectivity index (χ4v) is 3.61. The third-order valence-corrected chi connectivity index (χ3v) is 5.27. The molecule has 4 aromatic rings. The number of morpholine rings is 1. The molecule has 162 valence electrons. The molecule has 1 aliphatic rings. The first-order chi connectivity index (χ1) is 15.6. The molecule has 0 bridgehead atoms. The highest BCUT2D eigenvalue weighted by atomic mass is 16.5. The van der Waals surface area contributed by atoms with E-state index in [1.54, 1.807) is 22.9 Å². The van der Waals surface area contributed by atoms with E-state index in [1.165, 1.54) is 7.11 Å². The van der Waals surface area contributed by atoms with Crippen LogP contribution in [0, 0.1) is 0 Å². The normalized spacial score (nSPS) is 14.0. The summed E-state index contributed by atoms with van der Waals surface area (Å²) in [6.07, 6.45) is 0. The number of nitrogens with two attached hydrogens (primary N) is 1. The van der Waals surface area contributed by atoms with Crippen molar-refractivity contribution in [1.29, 1.82) is 0 Å². The number of fused-ring (bicyclic) bond motifs is 1. The standard InChI is InChI=1S/C22H21N7O3/c1-31-22(30)15-3-2-4-17(13-15)29-21-18(26-27-29)20(28-9-11-32-12-10-28)24-19(25-21)14-5-7-16(23)8-6-14/h2-8,13H,9-12,23H2,1H3. The molecule has 1 fully saturated rings. The fourth-order valence-electron chi connectivity index (χ4n) is 3.61. The summed E-state index contributed by atoms with van der Waals surface area (Å²) in [4.78, 5) is 23.7. The molecule has 10 nitrogen and oxygen atoms in total. The van der Waals surface area contributed by atoms with Crippen molar-refractivity contribution in [2.45, 2.75) is 0 Å². The number of aromatic nitrogens is 5. The average Bonchev–Trinajstić information content (AvgIpc) is 3.28. The number of carbonyl (C=O) groups excluding carboxylic acids is 1. The van der Waals surface area contributed by atoms with E-state index in [4.69, 9.17) is 25.2 Å². The van der Waals surface area contributed by atoms with Gasteiger partial charge in [0.1, 0.15) is 0 Å². The van der Waals surface area contributed by atoms with E-state index in [0.717, 1.165) is 5.56 Å². The van der Waals surface area contributed by atoms with Crippen LogP contribution in [-0.4, -0.2) is 64.3 Å². The molecule has 2 aromatic carbocycles. The minimum atomic E-state index is -0.428. The number of ether oxygens (including phenoxy) is 2. The second kappa shape index (κ2) is 8.23. The van der Waals surface area contributed by atoms with Gasteiger partial charge in [-0.05, 0) is 42.5 Å². The van der Waals surface area contributed by atoms with Crippen LogP contribution < -0.4 is 10.6 Å². The Bertz CT molecular complexity index is 1280. The maximum atomic E-state index is 12.0. The van der Waals surface area contributed by atoms with E-state index >= 15 is 0 Å². The van der Waals surface area contributed by atoms with Crippen molar-refractivity contribution in [3.05, 3.63) is 54.1 Å². The monoisotopic (exact) mass is 431 g/mol. The van der Waals surface area contributed by atoms with Crippen LogP contribution in [0.15, 0.2) is 48.5 Å². The lowest BCUT2D eigenvalue weighted by atomic mass is 10.2. The number of nitrogens with zero attached hydrogens (tertiary/aromatic N) is 6. The van der Waals surface area contributed by atoms with Gasteiger partial charge in [-0.3, -0.25) is 0 Å². The van der Waals surface area contributed by atoms with Gasteiger partial charge in [0.05, 0.1) is 31.6 Å². The molecule has 1 saturated heterocycles. The highest BCUT2D eigenvalue weighted by Gasteiger charge is 2.22. The number of hydrogen-bond acceptors (Lipinski definition) is 9. The predicted octanol–water partition coefficient (Wildman–Crippen LogP) is 2.08. The number of carbonyl (C=O) groups is 1. The van der Waals surface area contributed by atoms with Gasteiger partial charge in [0.25, 0.3) is 0 Å². The summed E-state index contributed by atoms with van der Waals surface area (Å²) in [5, 5.41) is 8.71. The number of benzene rings is 2. The molecule has 3 heterocycles. The molecule has 0 spiro atoms. The van der Waals surface area contributed by atoms with Gasteiger partial charge in [0, 0.05) is 24.3 Å². The number of rotatable bonds is 4. The van der Waals surface area contributed by atoms with Crippen LogP contribution in [0.5, 0.6) is 0 Å². The molecule has 2 N–H and O–H groups in total. The zero-order valence-electron chi connectivity index (χ0n) is 17.4. The van der Waals surface area contributed by atoms with Crippen LogP contribution >= 0.6 is 0 Å². The highest BCUT2D eigenvalue weighted by Crippen LogP contribution is 2.28. The van der Waals surface area contributed by atoms with E-state index in [9.17, 15) is 4.79 Å². The zero-order valence-corrected chi connectivity index (χ0v) is 17.4. The molecule has 10 heteroatoms. The van der Waals surface area contributed by atoms with E-state index in [2.05, 4.69) is 15.2 Å². The molecule has 0 amide bonds. The van der Waals surface area contributed by atoms with E-state index < -0.39 is 5.97 Å². The third-order valence-electron chi connectivity index (χ3n) is 5.27. The third kappa shape index (κ3) is 3.60. The summed E-state index contributed by atoms with van der Waals surface area (Å²) in [5.41, 5.74) is 9.51. The van der Waals surface area contributed by atoms with Crippen LogP contribution in [0.2, 0.25) is 0 Å². The Morgan fingerprint density at radius 1 is 1.09 bits per heavy atom. The van der Waals surface area contributed by atoms with Gasteiger partial charge < -0.3 is 20.1 Å². The van der Waals surface area contributed by atoms with Crippen molar-refractivity contribution < 1.29 is 14.3 Å². The maximum Gasteiger partial charge on any atom is 0.337 e. The Labute approximate surface area is 183 Å². The van der Waals surface area contributed by atoms with Crippen molar-refractivity contribution in [2.24, 2.45) is 0 Å². The van der Waals surface area contributed by atoms with Gasteiger partial charge in [-0.15, -0.1) is 5.10 Å². The summed E-state index contributed by atoms with van der Waals surface area (Å²) < 4.78 is 11.9. The molecular weight excluding hydrogens is 410 g/mol. The Morgan fingerprint density at radius 3 is 2.62 bits per heavy atom. The van der Waals surface area contributed by atoms with Crippen LogP contribution in [0.4, 0.5) is 11.5 Å². The first-order valence-corrected chi connectivity index (χ1v) is 10.1. The minimum absolute atomic E-state index is 0.412.